The largest absolute Gasteiger partial charge is 0.484 e. The maximum atomic E-state index is 12.4. The van der Waals surface area contributed by atoms with Gasteiger partial charge in [0.1, 0.15) is 5.75 Å². The summed E-state index contributed by atoms with van der Waals surface area (Å²) in [4.78, 5) is 12.2. The van der Waals surface area contributed by atoms with Gasteiger partial charge in [0.15, 0.2) is 6.61 Å². The molecule has 2 N–H and O–H groups in total. The first-order chi connectivity index (χ1) is 13.8. The van der Waals surface area contributed by atoms with E-state index in [1.807, 2.05) is 19.1 Å². The van der Waals surface area contributed by atoms with Gasteiger partial charge >= 0.3 is 0 Å². The van der Waals surface area contributed by atoms with Gasteiger partial charge in [-0.2, -0.15) is 0 Å². The zero-order chi connectivity index (χ0) is 20.9. The van der Waals surface area contributed by atoms with Crippen LogP contribution in [0.1, 0.15) is 5.56 Å². The van der Waals surface area contributed by atoms with Crippen molar-refractivity contribution in [2.75, 3.05) is 16.6 Å². The van der Waals surface area contributed by atoms with Crippen molar-refractivity contribution in [2.24, 2.45) is 0 Å². The summed E-state index contributed by atoms with van der Waals surface area (Å²) in [7, 11) is -3.70. The maximum absolute atomic E-state index is 12.4. The molecule has 3 rings (SSSR count). The Morgan fingerprint density at radius 1 is 0.966 bits per heavy atom. The van der Waals surface area contributed by atoms with Crippen LogP contribution in [0.25, 0.3) is 0 Å². The predicted octanol–water partition coefficient (Wildman–Crippen LogP) is 4.58. The minimum Gasteiger partial charge on any atom is -0.484 e. The number of carbonyl (C=O) groups excluding carboxylic acids is 1. The lowest BCUT2D eigenvalue weighted by Gasteiger charge is -2.10. The molecule has 3 aromatic rings. The Hall–Kier alpha value is -2.84. The molecule has 0 fully saturated rings. The molecular formula is C21H19BrN2O4S. The first kappa shape index (κ1) is 20.9. The lowest BCUT2D eigenvalue weighted by Crippen LogP contribution is -2.20. The monoisotopic (exact) mass is 474 g/mol. The Morgan fingerprint density at radius 3 is 2.31 bits per heavy atom. The van der Waals surface area contributed by atoms with E-state index in [0.29, 0.717) is 17.1 Å². The summed E-state index contributed by atoms with van der Waals surface area (Å²) in [5.74, 6) is 0.248. The Morgan fingerprint density at radius 2 is 1.66 bits per heavy atom. The van der Waals surface area contributed by atoms with Crippen molar-refractivity contribution in [1.82, 2.24) is 0 Å². The molecule has 6 nitrogen and oxygen atoms in total. The van der Waals surface area contributed by atoms with E-state index < -0.39 is 10.0 Å². The highest BCUT2D eigenvalue weighted by Crippen LogP contribution is 2.22. The second-order valence-electron chi connectivity index (χ2n) is 6.24. The number of anilines is 2. The van der Waals surface area contributed by atoms with E-state index in [9.17, 15) is 13.2 Å². The molecule has 0 aliphatic rings. The van der Waals surface area contributed by atoms with Crippen molar-refractivity contribution >= 4 is 43.2 Å². The van der Waals surface area contributed by atoms with Gasteiger partial charge in [-0.15, -0.1) is 0 Å². The molecular weight excluding hydrogens is 456 g/mol. The van der Waals surface area contributed by atoms with Gasteiger partial charge in [-0.1, -0.05) is 34.1 Å². The fourth-order valence-corrected chi connectivity index (χ4v) is 3.80. The number of benzene rings is 3. The van der Waals surface area contributed by atoms with Crippen LogP contribution in [-0.2, 0) is 14.8 Å². The molecule has 0 aliphatic carbocycles. The lowest BCUT2D eigenvalue weighted by atomic mass is 10.2. The third-order valence-electron chi connectivity index (χ3n) is 3.97. The summed E-state index contributed by atoms with van der Waals surface area (Å²) in [5, 5.41) is 2.68. The highest BCUT2D eigenvalue weighted by atomic mass is 79.9. The van der Waals surface area contributed by atoms with E-state index in [0.717, 1.165) is 10.0 Å². The van der Waals surface area contributed by atoms with Crippen molar-refractivity contribution in [3.05, 3.63) is 82.8 Å². The van der Waals surface area contributed by atoms with Crippen LogP contribution < -0.4 is 14.8 Å². The van der Waals surface area contributed by atoms with Crippen molar-refractivity contribution in [3.63, 3.8) is 0 Å². The number of nitrogens with one attached hydrogen (secondary N) is 2. The fraction of sp³-hybridized carbons (Fsp3) is 0.0952. The summed E-state index contributed by atoms with van der Waals surface area (Å²) in [5.41, 5.74) is 1.96. The zero-order valence-electron chi connectivity index (χ0n) is 15.6. The number of aryl methyl sites for hydroxylation is 1. The molecule has 0 aromatic heterocycles. The van der Waals surface area contributed by atoms with E-state index in [-0.39, 0.29) is 17.4 Å². The van der Waals surface area contributed by atoms with Crippen LogP contribution in [0.4, 0.5) is 11.4 Å². The number of ether oxygens (including phenoxy) is 1. The van der Waals surface area contributed by atoms with E-state index in [1.165, 1.54) is 24.3 Å². The molecule has 0 bridgehead atoms. The van der Waals surface area contributed by atoms with Crippen LogP contribution >= 0.6 is 15.9 Å². The van der Waals surface area contributed by atoms with Crippen molar-refractivity contribution in [2.45, 2.75) is 11.8 Å². The number of hydrogen-bond donors (Lipinski definition) is 2. The zero-order valence-corrected chi connectivity index (χ0v) is 18.0. The quantitative estimate of drug-likeness (QED) is 0.524. The average molecular weight is 475 g/mol. The molecule has 0 saturated carbocycles. The summed E-state index contributed by atoms with van der Waals surface area (Å²) >= 11 is 3.41. The van der Waals surface area contributed by atoms with Crippen LogP contribution in [0.5, 0.6) is 5.75 Å². The predicted molar refractivity (Wildman–Crippen MR) is 117 cm³/mol. The Labute approximate surface area is 178 Å². The molecule has 150 valence electrons. The first-order valence-electron chi connectivity index (χ1n) is 8.70. The minimum atomic E-state index is -3.70. The summed E-state index contributed by atoms with van der Waals surface area (Å²) in [6, 6.07) is 20.0. The van der Waals surface area contributed by atoms with Crippen molar-refractivity contribution < 1.29 is 17.9 Å². The molecule has 0 unspecified atom stereocenters. The number of amides is 1. The van der Waals surface area contributed by atoms with Crippen LogP contribution in [0, 0.1) is 6.92 Å². The molecule has 0 saturated heterocycles. The van der Waals surface area contributed by atoms with Crippen LogP contribution in [0.2, 0.25) is 0 Å². The molecule has 0 radical (unpaired) electrons. The molecule has 0 aliphatic heterocycles. The fourth-order valence-electron chi connectivity index (χ4n) is 2.49. The minimum absolute atomic E-state index is 0.0981. The summed E-state index contributed by atoms with van der Waals surface area (Å²) < 4.78 is 33.8. The molecule has 0 spiro atoms. The molecule has 0 heterocycles. The molecule has 8 heteroatoms. The highest BCUT2D eigenvalue weighted by molar-refractivity contribution is 9.10. The third-order valence-corrected chi connectivity index (χ3v) is 6.26. The number of halogens is 1. The van der Waals surface area contributed by atoms with Gasteiger partial charge in [0.2, 0.25) is 0 Å². The topological polar surface area (TPSA) is 84.5 Å². The molecule has 1 amide bonds. The average Bonchev–Trinajstić information content (AvgIpc) is 2.70. The van der Waals surface area contributed by atoms with E-state index in [2.05, 4.69) is 26.0 Å². The smallest absolute Gasteiger partial charge is 0.262 e. The molecule has 0 atom stereocenters. The standard InChI is InChI=1S/C21H19BrN2O4S/c1-15-13-18(9-12-20(15)22)28-14-21(25)23-16-7-10-19(11-8-16)29(26,27)24-17-5-3-2-4-6-17/h2-13,24H,14H2,1H3,(H,23,25). The van der Waals surface area contributed by atoms with Crippen LogP contribution in [0.3, 0.4) is 0 Å². The number of hydrogen-bond acceptors (Lipinski definition) is 4. The van der Waals surface area contributed by atoms with E-state index in [1.54, 1.807) is 36.4 Å². The number of rotatable bonds is 7. The highest BCUT2D eigenvalue weighted by Gasteiger charge is 2.14. The molecule has 29 heavy (non-hydrogen) atoms. The van der Waals surface area contributed by atoms with Gasteiger partial charge in [-0.3, -0.25) is 9.52 Å². The summed E-state index contributed by atoms with van der Waals surface area (Å²) in [6.07, 6.45) is 0. The lowest BCUT2D eigenvalue weighted by molar-refractivity contribution is -0.118. The van der Waals surface area contributed by atoms with E-state index >= 15 is 0 Å². The third kappa shape index (κ3) is 5.82. The Balaban J connectivity index is 1.58. The van der Waals surface area contributed by atoms with Gasteiger partial charge < -0.3 is 10.1 Å². The second-order valence-corrected chi connectivity index (χ2v) is 8.78. The van der Waals surface area contributed by atoms with Crippen LogP contribution in [-0.4, -0.2) is 20.9 Å². The number of sulfonamides is 1. The Bertz CT molecular complexity index is 1100. The van der Waals surface area contributed by atoms with Gasteiger partial charge in [-0.05, 0) is 67.1 Å². The maximum Gasteiger partial charge on any atom is 0.262 e. The summed E-state index contributed by atoms with van der Waals surface area (Å²) in [6.45, 7) is 1.77. The SMILES string of the molecule is Cc1cc(OCC(=O)Nc2ccc(S(=O)(=O)Nc3ccccc3)cc2)ccc1Br. The van der Waals surface area contributed by atoms with Crippen molar-refractivity contribution in [3.8, 4) is 5.75 Å². The van der Waals surface area contributed by atoms with E-state index in [4.69, 9.17) is 4.74 Å². The second kappa shape index (κ2) is 9.11. The first-order valence-corrected chi connectivity index (χ1v) is 11.0. The number of para-hydroxylation sites is 1. The number of carbonyl (C=O) groups is 1. The normalized spacial score (nSPS) is 11.0. The van der Waals surface area contributed by atoms with Gasteiger partial charge in [0.05, 0.1) is 4.90 Å². The van der Waals surface area contributed by atoms with Gasteiger partial charge in [0.25, 0.3) is 15.9 Å². The van der Waals surface area contributed by atoms with Crippen molar-refractivity contribution in [1.29, 1.82) is 0 Å². The molecule has 3 aromatic carbocycles. The Kier molecular flexibility index (Phi) is 6.56. The van der Waals surface area contributed by atoms with Gasteiger partial charge in [-0.25, -0.2) is 8.42 Å². The van der Waals surface area contributed by atoms with Crippen LogP contribution in [0.15, 0.2) is 82.2 Å². The van der Waals surface area contributed by atoms with Gasteiger partial charge in [0, 0.05) is 15.8 Å².